The van der Waals surface area contributed by atoms with Crippen LogP contribution in [0, 0.1) is 0 Å². The van der Waals surface area contributed by atoms with Gasteiger partial charge in [-0.15, -0.1) is 11.3 Å². The molecule has 1 aliphatic heterocycles. The van der Waals surface area contributed by atoms with E-state index >= 15 is 0 Å². The molecule has 0 saturated carbocycles. The molecular weight excluding hydrogens is 318 g/mol. The Morgan fingerprint density at radius 2 is 2.22 bits per heavy atom. The molecule has 2 aromatic heterocycles. The van der Waals surface area contributed by atoms with Crippen LogP contribution in [-0.2, 0) is 4.74 Å². The quantitative estimate of drug-likeness (QED) is 0.700. The van der Waals surface area contributed by atoms with E-state index in [1.54, 1.807) is 11.4 Å². The van der Waals surface area contributed by atoms with Crippen molar-refractivity contribution < 1.29 is 14.6 Å². The van der Waals surface area contributed by atoms with Gasteiger partial charge in [-0.3, -0.25) is 14.5 Å². The molecule has 3 rings (SSSR count). The van der Waals surface area contributed by atoms with Crippen molar-refractivity contribution in [2.75, 3.05) is 39.4 Å². The molecule has 1 saturated heterocycles. The van der Waals surface area contributed by atoms with Gasteiger partial charge in [0.15, 0.2) is 5.75 Å². The molecule has 3 N–H and O–H groups in total. The SMILES string of the molecule is O=C(NCCCN1CCOCC1)c1c(O)c2sccc2[nH]c1=O. The largest absolute Gasteiger partial charge is 0.505 e. The minimum Gasteiger partial charge on any atom is -0.505 e. The first-order valence-corrected chi connectivity index (χ1v) is 8.45. The van der Waals surface area contributed by atoms with Crippen LogP contribution in [-0.4, -0.2) is 60.3 Å². The highest BCUT2D eigenvalue weighted by Crippen LogP contribution is 2.29. The number of nitrogens with one attached hydrogen (secondary N) is 2. The molecule has 2 aromatic rings. The van der Waals surface area contributed by atoms with Crippen LogP contribution in [0.1, 0.15) is 16.8 Å². The zero-order valence-electron chi connectivity index (χ0n) is 12.6. The second kappa shape index (κ2) is 7.12. The van der Waals surface area contributed by atoms with Gasteiger partial charge in [0.25, 0.3) is 11.5 Å². The first-order valence-electron chi connectivity index (χ1n) is 7.57. The summed E-state index contributed by atoms with van der Waals surface area (Å²) in [5.41, 5.74) is -0.244. The smallest absolute Gasteiger partial charge is 0.265 e. The maximum Gasteiger partial charge on any atom is 0.265 e. The van der Waals surface area contributed by atoms with Crippen LogP contribution in [0.4, 0.5) is 0 Å². The molecule has 7 nitrogen and oxygen atoms in total. The lowest BCUT2D eigenvalue weighted by Gasteiger charge is -2.26. The molecule has 1 fully saturated rings. The number of hydrogen-bond donors (Lipinski definition) is 3. The zero-order chi connectivity index (χ0) is 16.2. The van der Waals surface area contributed by atoms with Gasteiger partial charge in [-0.05, 0) is 24.4 Å². The van der Waals surface area contributed by atoms with Gasteiger partial charge in [0.2, 0.25) is 0 Å². The zero-order valence-corrected chi connectivity index (χ0v) is 13.4. The van der Waals surface area contributed by atoms with Crippen molar-refractivity contribution in [2.45, 2.75) is 6.42 Å². The first-order chi connectivity index (χ1) is 11.2. The van der Waals surface area contributed by atoms with E-state index in [2.05, 4.69) is 15.2 Å². The molecule has 1 aliphatic rings. The number of aromatic amines is 1. The van der Waals surface area contributed by atoms with Gasteiger partial charge < -0.3 is 20.1 Å². The number of fused-ring (bicyclic) bond motifs is 1. The monoisotopic (exact) mass is 337 g/mol. The molecule has 3 heterocycles. The minimum absolute atomic E-state index is 0.216. The van der Waals surface area contributed by atoms with E-state index in [9.17, 15) is 14.7 Å². The molecule has 0 unspecified atom stereocenters. The predicted molar refractivity (Wildman–Crippen MR) is 88.3 cm³/mol. The Balaban J connectivity index is 1.59. The Morgan fingerprint density at radius 1 is 1.43 bits per heavy atom. The molecule has 0 radical (unpaired) electrons. The van der Waals surface area contributed by atoms with Crippen LogP contribution in [0.3, 0.4) is 0 Å². The molecule has 0 aromatic carbocycles. The van der Waals surface area contributed by atoms with Gasteiger partial charge in [-0.1, -0.05) is 0 Å². The molecule has 0 aliphatic carbocycles. The third-order valence-electron chi connectivity index (χ3n) is 3.86. The maximum absolute atomic E-state index is 12.2. The Labute approximate surface area is 136 Å². The van der Waals surface area contributed by atoms with Crippen molar-refractivity contribution in [3.63, 3.8) is 0 Å². The van der Waals surface area contributed by atoms with Crippen molar-refractivity contribution in [2.24, 2.45) is 0 Å². The van der Waals surface area contributed by atoms with E-state index in [1.165, 1.54) is 11.3 Å². The molecule has 23 heavy (non-hydrogen) atoms. The third kappa shape index (κ3) is 3.54. The fourth-order valence-corrected chi connectivity index (χ4v) is 3.43. The van der Waals surface area contributed by atoms with Crippen LogP contribution >= 0.6 is 11.3 Å². The van der Waals surface area contributed by atoms with Gasteiger partial charge in [0.05, 0.1) is 23.4 Å². The van der Waals surface area contributed by atoms with Gasteiger partial charge in [0.1, 0.15) is 5.56 Å². The Bertz CT molecular complexity index is 749. The number of ether oxygens (including phenoxy) is 1. The van der Waals surface area contributed by atoms with E-state index in [0.717, 1.165) is 39.3 Å². The number of aromatic nitrogens is 1. The van der Waals surface area contributed by atoms with Crippen LogP contribution in [0.15, 0.2) is 16.2 Å². The number of amides is 1. The average molecular weight is 337 g/mol. The number of aromatic hydroxyl groups is 1. The van der Waals surface area contributed by atoms with Crippen LogP contribution in [0.25, 0.3) is 10.2 Å². The number of nitrogens with zero attached hydrogens (tertiary/aromatic N) is 1. The summed E-state index contributed by atoms with van der Waals surface area (Å²) in [6, 6.07) is 1.70. The summed E-state index contributed by atoms with van der Waals surface area (Å²) >= 11 is 1.28. The topological polar surface area (TPSA) is 94.7 Å². The molecule has 8 heteroatoms. The number of thiophene rings is 1. The normalized spacial score (nSPS) is 15.8. The van der Waals surface area contributed by atoms with E-state index in [4.69, 9.17) is 4.74 Å². The fraction of sp³-hybridized carbons (Fsp3) is 0.467. The highest BCUT2D eigenvalue weighted by molar-refractivity contribution is 7.17. The van der Waals surface area contributed by atoms with Gasteiger partial charge in [0, 0.05) is 19.6 Å². The lowest BCUT2D eigenvalue weighted by atomic mass is 10.2. The highest BCUT2D eigenvalue weighted by Gasteiger charge is 2.19. The Morgan fingerprint density at radius 3 is 3.00 bits per heavy atom. The maximum atomic E-state index is 12.2. The Kier molecular flexibility index (Phi) is 4.94. The Hall–Kier alpha value is -1.90. The van der Waals surface area contributed by atoms with Gasteiger partial charge in [-0.2, -0.15) is 0 Å². The number of pyridine rings is 1. The lowest BCUT2D eigenvalue weighted by molar-refractivity contribution is 0.0374. The third-order valence-corrected chi connectivity index (χ3v) is 4.78. The van der Waals surface area contributed by atoms with Gasteiger partial charge >= 0.3 is 0 Å². The standard InChI is InChI=1S/C15H19N3O4S/c19-12-11(15(21)17-10-2-9-23-13(10)12)14(20)16-3-1-4-18-5-7-22-8-6-18/h2,9H,1,3-8H2,(H,16,20)(H2,17,19,21). The number of hydrogen-bond acceptors (Lipinski definition) is 6. The first kappa shape index (κ1) is 16.0. The number of H-pyrrole nitrogens is 1. The second-order valence-electron chi connectivity index (χ2n) is 5.40. The number of rotatable bonds is 5. The van der Waals surface area contributed by atoms with E-state index < -0.39 is 11.5 Å². The second-order valence-corrected chi connectivity index (χ2v) is 6.32. The van der Waals surface area contributed by atoms with E-state index in [1.807, 2.05) is 0 Å². The molecule has 124 valence electrons. The van der Waals surface area contributed by atoms with Crippen LogP contribution in [0.2, 0.25) is 0 Å². The summed E-state index contributed by atoms with van der Waals surface area (Å²) in [5.74, 6) is -0.787. The van der Waals surface area contributed by atoms with Crippen molar-refractivity contribution in [3.8, 4) is 5.75 Å². The van der Waals surface area contributed by atoms with Crippen molar-refractivity contribution in [1.29, 1.82) is 0 Å². The molecular formula is C15H19N3O4S. The van der Waals surface area contributed by atoms with Crippen LogP contribution in [0.5, 0.6) is 5.75 Å². The number of carbonyl (C=O) groups is 1. The molecule has 0 spiro atoms. The fourth-order valence-electron chi connectivity index (χ4n) is 2.63. The summed E-state index contributed by atoms with van der Waals surface area (Å²) in [7, 11) is 0. The summed E-state index contributed by atoms with van der Waals surface area (Å²) in [6.07, 6.45) is 0.783. The predicted octanol–water partition coefficient (Wildman–Crippen LogP) is 0.747. The molecule has 0 bridgehead atoms. The number of morpholine rings is 1. The summed E-state index contributed by atoms with van der Waals surface area (Å²) in [4.78, 5) is 29.1. The van der Waals surface area contributed by atoms with Crippen molar-refractivity contribution in [1.82, 2.24) is 15.2 Å². The van der Waals surface area contributed by atoms with E-state index in [-0.39, 0.29) is 11.3 Å². The van der Waals surface area contributed by atoms with Crippen molar-refractivity contribution >= 4 is 27.5 Å². The van der Waals surface area contributed by atoms with Gasteiger partial charge in [-0.25, -0.2) is 0 Å². The highest BCUT2D eigenvalue weighted by atomic mass is 32.1. The summed E-state index contributed by atoms with van der Waals surface area (Å²) < 4.78 is 5.80. The van der Waals surface area contributed by atoms with Crippen LogP contribution < -0.4 is 10.9 Å². The minimum atomic E-state index is -0.570. The summed E-state index contributed by atoms with van der Waals surface area (Å²) in [6.45, 7) is 4.63. The molecule has 0 atom stereocenters. The van der Waals surface area contributed by atoms with Crippen molar-refractivity contribution in [3.05, 3.63) is 27.4 Å². The summed E-state index contributed by atoms with van der Waals surface area (Å²) in [5, 5.41) is 14.6. The molecule has 1 amide bonds. The average Bonchev–Trinajstić information content (AvgIpc) is 3.01. The number of carbonyl (C=O) groups excluding carboxylic acids is 1. The van der Waals surface area contributed by atoms with E-state index in [0.29, 0.717) is 16.8 Å². The lowest BCUT2D eigenvalue weighted by Crippen LogP contribution is -2.38.